The number of aliphatic imine (C=N–C) groups is 1. The van der Waals surface area contributed by atoms with E-state index in [1.807, 2.05) is 6.07 Å². The van der Waals surface area contributed by atoms with Crippen LogP contribution in [0.1, 0.15) is 25.3 Å². The fourth-order valence-corrected chi connectivity index (χ4v) is 2.21. The Morgan fingerprint density at radius 2 is 2.05 bits per heavy atom. The molecule has 0 aliphatic rings. The van der Waals surface area contributed by atoms with Gasteiger partial charge >= 0.3 is 0 Å². The molecule has 8 heteroatoms. The van der Waals surface area contributed by atoms with Gasteiger partial charge in [0.05, 0.1) is 4.90 Å². The second-order valence-electron chi connectivity index (χ2n) is 4.40. The minimum atomic E-state index is -3.66. The quantitative estimate of drug-likeness (QED) is 0.278. The van der Waals surface area contributed by atoms with Crippen molar-refractivity contribution in [3.05, 3.63) is 29.8 Å². The number of hydrogen-bond acceptors (Lipinski definition) is 3. The number of hydrogen-bond donors (Lipinski definition) is 3. The lowest BCUT2D eigenvalue weighted by Gasteiger charge is -2.12. The smallest absolute Gasteiger partial charge is 0.238 e. The number of sulfonamides is 1. The summed E-state index contributed by atoms with van der Waals surface area (Å²) in [6.07, 6.45) is 2.18. The van der Waals surface area contributed by atoms with Crippen molar-refractivity contribution in [1.82, 2.24) is 10.6 Å². The molecule has 1 aromatic carbocycles. The second-order valence-corrected chi connectivity index (χ2v) is 5.96. The van der Waals surface area contributed by atoms with E-state index in [1.54, 1.807) is 19.2 Å². The topological polar surface area (TPSA) is 96.6 Å². The van der Waals surface area contributed by atoms with Crippen molar-refractivity contribution in [1.29, 1.82) is 0 Å². The summed E-state index contributed by atoms with van der Waals surface area (Å²) in [4.78, 5) is 4.21. The first kappa shape index (κ1) is 20.1. The summed E-state index contributed by atoms with van der Waals surface area (Å²) in [5.41, 5.74) is 0.829. The maximum atomic E-state index is 11.3. The van der Waals surface area contributed by atoms with Crippen LogP contribution in [0.4, 0.5) is 0 Å². The standard InChI is InChI=1S/C13H22N4O2S.HI/c1-3-4-8-16-13(15-2)17-10-11-6-5-7-12(9-11)20(14,18)19;/h5-7,9H,3-4,8,10H2,1-2H3,(H2,14,18,19)(H2,15,16,17);1H. The molecular formula is C13H23IN4O2S. The molecule has 0 amide bonds. The average Bonchev–Trinajstić information content (AvgIpc) is 2.42. The highest BCUT2D eigenvalue weighted by Gasteiger charge is 2.07. The molecule has 4 N–H and O–H groups in total. The van der Waals surface area contributed by atoms with E-state index < -0.39 is 10.0 Å². The normalized spacial score (nSPS) is 11.7. The third-order valence-electron chi connectivity index (χ3n) is 2.73. The van der Waals surface area contributed by atoms with Crippen LogP contribution in [0, 0.1) is 0 Å². The van der Waals surface area contributed by atoms with Gasteiger partial charge in [0.1, 0.15) is 0 Å². The van der Waals surface area contributed by atoms with Crippen LogP contribution in [-0.4, -0.2) is 28.0 Å². The van der Waals surface area contributed by atoms with Gasteiger partial charge in [0.25, 0.3) is 0 Å². The van der Waals surface area contributed by atoms with Crippen molar-refractivity contribution in [3.8, 4) is 0 Å². The number of primary sulfonamides is 1. The summed E-state index contributed by atoms with van der Waals surface area (Å²) >= 11 is 0. The zero-order chi connectivity index (χ0) is 15.0. The van der Waals surface area contributed by atoms with Crippen molar-refractivity contribution in [3.63, 3.8) is 0 Å². The fourth-order valence-electron chi connectivity index (χ4n) is 1.62. The highest BCUT2D eigenvalue weighted by Crippen LogP contribution is 2.09. The lowest BCUT2D eigenvalue weighted by molar-refractivity contribution is 0.597. The van der Waals surface area contributed by atoms with E-state index in [2.05, 4.69) is 22.5 Å². The molecule has 1 aromatic rings. The van der Waals surface area contributed by atoms with E-state index in [-0.39, 0.29) is 28.9 Å². The lowest BCUT2D eigenvalue weighted by atomic mass is 10.2. The van der Waals surface area contributed by atoms with Gasteiger partial charge in [-0.25, -0.2) is 13.6 Å². The van der Waals surface area contributed by atoms with Crippen LogP contribution in [-0.2, 0) is 16.6 Å². The van der Waals surface area contributed by atoms with Gasteiger partial charge in [-0.15, -0.1) is 24.0 Å². The summed E-state index contributed by atoms with van der Waals surface area (Å²) in [6, 6.07) is 6.54. The van der Waals surface area contributed by atoms with E-state index in [0.29, 0.717) is 12.5 Å². The zero-order valence-electron chi connectivity index (χ0n) is 12.3. The Labute approximate surface area is 143 Å². The van der Waals surface area contributed by atoms with Crippen molar-refractivity contribution < 1.29 is 8.42 Å². The molecule has 21 heavy (non-hydrogen) atoms. The minimum Gasteiger partial charge on any atom is -0.356 e. The van der Waals surface area contributed by atoms with Crippen LogP contribution in [0.3, 0.4) is 0 Å². The summed E-state index contributed by atoms with van der Waals surface area (Å²) in [7, 11) is -1.96. The van der Waals surface area contributed by atoms with Crippen LogP contribution in [0.15, 0.2) is 34.2 Å². The molecule has 0 fully saturated rings. The first-order valence-electron chi connectivity index (χ1n) is 6.53. The van der Waals surface area contributed by atoms with Crippen molar-refractivity contribution >= 4 is 40.0 Å². The predicted molar refractivity (Wildman–Crippen MR) is 96.3 cm³/mol. The Hall–Kier alpha value is -0.870. The second kappa shape index (κ2) is 9.96. The number of rotatable bonds is 6. The Morgan fingerprint density at radius 3 is 2.62 bits per heavy atom. The summed E-state index contributed by atoms with van der Waals surface area (Å²) in [5.74, 6) is 0.694. The highest BCUT2D eigenvalue weighted by molar-refractivity contribution is 14.0. The molecule has 0 aromatic heterocycles. The molecule has 0 bridgehead atoms. The van der Waals surface area contributed by atoms with E-state index in [1.165, 1.54) is 6.07 Å². The lowest BCUT2D eigenvalue weighted by Crippen LogP contribution is -2.37. The zero-order valence-corrected chi connectivity index (χ0v) is 15.4. The van der Waals surface area contributed by atoms with Crippen LogP contribution in [0.25, 0.3) is 0 Å². The fraction of sp³-hybridized carbons (Fsp3) is 0.462. The predicted octanol–water partition coefficient (Wildman–Crippen LogP) is 1.42. The molecule has 0 aliphatic heterocycles. The van der Waals surface area contributed by atoms with E-state index in [4.69, 9.17) is 5.14 Å². The maximum absolute atomic E-state index is 11.3. The third-order valence-corrected chi connectivity index (χ3v) is 3.64. The van der Waals surface area contributed by atoms with E-state index in [9.17, 15) is 8.42 Å². The first-order chi connectivity index (χ1) is 9.47. The Morgan fingerprint density at radius 1 is 1.33 bits per heavy atom. The number of unbranched alkanes of at least 4 members (excludes halogenated alkanes) is 1. The van der Waals surface area contributed by atoms with Gasteiger partial charge in [-0.2, -0.15) is 0 Å². The average molecular weight is 426 g/mol. The molecule has 6 nitrogen and oxygen atoms in total. The number of halogens is 1. The van der Waals surface area contributed by atoms with Crippen LogP contribution >= 0.6 is 24.0 Å². The molecule has 0 saturated carbocycles. The number of nitrogens with one attached hydrogen (secondary N) is 2. The van der Waals surface area contributed by atoms with Gasteiger partial charge in [0.2, 0.25) is 10.0 Å². The monoisotopic (exact) mass is 426 g/mol. The molecule has 0 heterocycles. The molecule has 0 unspecified atom stereocenters. The molecule has 0 aliphatic carbocycles. The maximum Gasteiger partial charge on any atom is 0.238 e. The van der Waals surface area contributed by atoms with Crippen molar-refractivity contribution in [2.24, 2.45) is 10.1 Å². The van der Waals surface area contributed by atoms with Crippen LogP contribution in [0.2, 0.25) is 0 Å². The Bertz CT molecular complexity index is 561. The molecule has 0 saturated heterocycles. The third kappa shape index (κ3) is 7.63. The molecule has 1 rings (SSSR count). The molecule has 120 valence electrons. The van der Waals surface area contributed by atoms with Gasteiger partial charge in [0.15, 0.2) is 5.96 Å². The summed E-state index contributed by atoms with van der Waals surface area (Å²) in [5, 5.41) is 11.4. The molecule has 0 spiro atoms. The highest BCUT2D eigenvalue weighted by atomic mass is 127. The number of guanidine groups is 1. The number of nitrogens with two attached hydrogens (primary N) is 1. The van der Waals surface area contributed by atoms with Crippen LogP contribution < -0.4 is 15.8 Å². The first-order valence-corrected chi connectivity index (χ1v) is 8.08. The van der Waals surface area contributed by atoms with Gasteiger partial charge in [0, 0.05) is 20.1 Å². The van der Waals surface area contributed by atoms with Gasteiger partial charge in [-0.3, -0.25) is 4.99 Å². The molecule has 0 atom stereocenters. The largest absolute Gasteiger partial charge is 0.356 e. The molecule has 0 radical (unpaired) electrons. The number of nitrogens with zero attached hydrogens (tertiary/aromatic N) is 1. The SMILES string of the molecule is CCCCNC(=NC)NCc1cccc(S(N)(=O)=O)c1.I. The van der Waals surface area contributed by atoms with Gasteiger partial charge in [-0.05, 0) is 24.1 Å². The van der Waals surface area contributed by atoms with Crippen molar-refractivity contribution in [2.75, 3.05) is 13.6 Å². The van der Waals surface area contributed by atoms with Crippen molar-refractivity contribution in [2.45, 2.75) is 31.2 Å². The molecular weight excluding hydrogens is 403 g/mol. The van der Waals surface area contributed by atoms with Gasteiger partial charge in [-0.1, -0.05) is 25.5 Å². The van der Waals surface area contributed by atoms with Gasteiger partial charge < -0.3 is 10.6 Å². The van der Waals surface area contributed by atoms with E-state index in [0.717, 1.165) is 24.9 Å². The minimum absolute atomic E-state index is 0. The number of benzene rings is 1. The Balaban J connectivity index is 0.00000400. The summed E-state index contributed by atoms with van der Waals surface area (Å²) < 4.78 is 22.6. The summed E-state index contributed by atoms with van der Waals surface area (Å²) in [6.45, 7) is 3.46. The van der Waals surface area contributed by atoms with E-state index >= 15 is 0 Å². The van der Waals surface area contributed by atoms with Crippen LogP contribution in [0.5, 0.6) is 0 Å². The Kier molecular flexibility index (Phi) is 9.54.